The molecule has 23 heavy (non-hydrogen) atoms. The molecule has 0 saturated heterocycles. The lowest BCUT2D eigenvalue weighted by Gasteiger charge is -2.09. The van der Waals surface area contributed by atoms with Crippen LogP contribution in [0.15, 0.2) is 35.7 Å². The zero-order valence-corrected chi connectivity index (χ0v) is 14.4. The van der Waals surface area contributed by atoms with E-state index in [9.17, 15) is 4.79 Å². The zero-order valence-electron chi connectivity index (χ0n) is 12.1. The molecule has 0 fully saturated rings. The highest BCUT2D eigenvalue weighted by molar-refractivity contribution is 7.18. The number of aliphatic carboxylic acids is 1. The Morgan fingerprint density at radius 2 is 1.91 bits per heavy atom. The van der Waals surface area contributed by atoms with Gasteiger partial charge in [0, 0.05) is 10.9 Å². The van der Waals surface area contributed by atoms with Crippen LogP contribution in [0.3, 0.4) is 0 Å². The van der Waals surface area contributed by atoms with Gasteiger partial charge in [-0.25, -0.2) is 4.79 Å². The summed E-state index contributed by atoms with van der Waals surface area (Å²) in [4.78, 5) is 10.7. The Morgan fingerprint density at radius 3 is 2.57 bits per heavy atom. The molecule has 0 saturated carbocycles. The topological polar surface area (TPSA) is 46.5 Å². The normalized spacial score (nSPS) is 10.9. The number of halogens is 2. The van der Waals surface area contributed by atoms with Gasteiger partial charge in [-0.2, -0.15) is 0 Å². The lowest BCUT2D eigenvalue weighted by molar-refractivity contribution is -0.139. The number of benzene rings is 2. The van der Waals surface area contributed by atoms with E-state index in [0.29, 0.717) is 5.02 Å². The van der Waals surface area contributed by atoms with E-state index in [-0.39, 0.29) is 10.8 Å². The molecule has 0 aliphatic heterocycles. The van der Waals surface area contributed by atoms with Crippen molar-refractivity contribution in [2.75, 3.05) is 6.61 Å². The largest absolute Gasteiger partial charge is 0.480 e. The second kappa shape index (κ2) is 6.40. The minimum atomic E-state index is -1.07. The summed E-state index contributed by atoms with van der Waals surface area (Å²) in [6.07, 6.45) is 0. The van der Waals surface area contributed by atoms with Crippen LogP contribution in [0.25, 0.3) is 21.2 Å². The van der Waals surface area contributed by atoms with Crippen LogP contribution in [0.5, 0.6) is 5.75 Å². The van der Waals surface area contributed by atoms with Crippen molar-refractivity contribution < 1.29 is 14.6 Å². The summed E-state index contributed by atoms with van der Waals surface area (Å²) in [5.41, 5.74) is 3.26. The maximum absolute atomic E-state index is 10.7. The fraction of sp³-hybridized carbons (Fsp3) is 0.118. The summed E-state index contributed by atoms with van der Waals surface area (Å²) in [5.74, 6) is -0.792. The first-order valence-electron chi connectivity index (χ1n) is 6.78. The predicted molar refractivity (Wildman–Crippen MR) is 95.1 cm³/mol. The minimum Gasteiger partial charge on any atom is -0.480 e. The number of carboxylic acid groups (broad SMARTS) is 1. The standard InChI is InChI=1S/C17H12Cl2O3S/c1-9-2-4-10(5-3-9)12-8-23-17-11(12)6-13(15(18)16(17)19)22-7-14(20)21/h2-6,8H,7H2,1H3,(H,20,21). The van der Waals surface area contributed by atoms with Crippen molar-refractivity contribution in [3.63, 3.8) is 0 Å². The molecular weight excluding hydrogens is 355 g/mol. The van der Waals surface area contributed by atoms with Crippen LogP contribution in [0.2, 0.25) is 10.0 Å². The lowest BCUT2D eigenvalue weighted by Crippen LogP contribution is -2.09. The predicted octanol–water partition coefficient (Wildman–Crippen LogP) is 5.65. The van der Waals surface area contributed by atoms with Crippen LogP contribution < -0.4 is 4.74 Å². The number of hydrogen-bond donors (Lipinski definition) is 1. The number of thiophene rings is 1. The SMILES string of the molecule is Cc1ccc(-c2csc3c(Cl)c(Cl)c(OCC(=O)O)cc23)cc1. The molecule has 0 spiro atoms. The number of hydrogen-bond acceptors (Lipinski definition) is 3. The molecular formula is C17H12Cl2O3S. The molecule has 0 aliphatic rings. The van der Waals surface area contributed by atoms with Gasteiger partial charge in [0.15, 0.2) is 6.61 Å². The molecule has 0 radical (unpaired) electrons. The molecule has 3 rings (SSSR count). The maximum atomic E-state index is 10.7. The summed E-state index contributed by atoms with van der Waals surface area (Å²) in [6, 6.07) is 9.91. The smallest absolute Gasteiger partial charge is 0.341 e. The first-order valence-corrected chi connectivity index (χ1v) is 8.41. The third-order valence-electron chi connectivity index (χ3n) is 3.43. The third-order valence-corrected chi connectivity index (χ3v) is 5.40. The summed E-state index contributed by atoms with van der Waals surface area (Å²) >= 11 is 14.0. The first-order chi connectivity index (χ1) is 11.0. The quantitative estimate of drug-likeness (QED) is 0.648. The van der Waals surface area contributed by atoms with Gasteiger partial charge in [-0.3, -0.25) is 0 Å². The van der Waals surface area contributed by atoms with E-state index >= 15 is 0 Å². The van der Waals surface area contributed by atoms with Gasteiger partial charge < -0.3 is 9.84 Å². The molecule has 6 heteroatoms. The van der Waals surface area contributed by atoms with Gasteiger partial charge in [-0.1, -0.05) is 53.0 Å². The fourth-order valence-corrected chi connectivity index (χ4v) is 3.87. The first kappa shape index (κ1) is 16.1. The van der Waals surface area contributed by atoms with Crippen LogP contribution in [0, 0.1) is 6.92 Å². The second-order valence-corrected chi connectivity index (χ2v) is 6.71. The van der Waals surface area contributed by atoms with Gasteiger partial charge in [0.25, 0.3) is 0 Å². The number of rotatable bonds is 4. The van der Waals surface area contributed by atoms with Crippen LogP contribution in [-0.2, 0) is 4.79 Å². The van der Waals surface area contributed by atoms with Gasteiger partial charge in [0.05, 0.1) is 9.72 Å². The Morgan fingerprint density at radius 1 is 1.22 bits per heavy atom. The number of aryl methyl sites for hydroxylation is 1. The van der Waals surface area contributed by atoms with Crippen molar-refractivity contribution >= 4 is 50.6 Å². The molecule has 0 unspecified atom stereocenters. The van der Waals surface area contributed by atoms with E-state index in [1.165, 1.54) is 16.9 Å². The van der Waals surface area contributed by atoms with Crippen molar-refractivity contribution in [2.24, 2.45) is 0 Å². The number of carboxylic acids is 1. The molecule has 3 nitrogen and oxygen atoms in total. The van der Waals surface area contributed by atoms with Gasteiger partial charge in [-0.15, -0.1) is 11.3 Å². The van der Waals surface area contributed by atoms with Crippen LogP contribution in [-0.4, -0.2) is 17.7 Å². The van der Waals surface area contributed by atoms with Crippen molar-refractivity contribution in [3.8, 4) is 16.9 Å². The highest BCUT2D eigenvalue weighted by Crippen LogP contribution is 2.45. The molecule has 0 aliphatic carbocycles. The van der Waals surface area contributed by atoms with Gasteiger partial charge in [0.1, 0.15) is 10.8 Å². The molecule has 0 bridgehead atoms. The van der Waals surface area contributed by atoms with E-state index in [0.717, 1.165) is 21.2 Å². The Balaban J connectivity index is 2.14. The van der Waals surface area contributed by atoms with Crippen molar-refractivity contribution in [3.05, 3.63) is 51.3 Å². The lowest BCUT2D eigenvalue weighted by atomic mass is 10.0. The Hall–Kier alpha value is -1.75. The molecule has 1 N–H and O–H groups in total. The number of carbonyl (C=O) groups is 1. The second-order valence-electron chi connectivity index (χ2n) is 5.08. The fourth-order valence-electron chi connectivity index (χ4n) is 2.28. The number of ether oxygens (including phenoxy) is 1. The molecule has 2 aromatic carbocycles. The van der Waals surface area contributed by atoms with Crippen molar-refractivity contribution in [1.29, 1.82) is 0 Å². The third kappa shape index (κ3) is 3.15. The molecule has 0 atom stereocenters. The monoisotopic (exact) mass is 366 g/mol. The zero-order chi connectivity index (χ0) is 16.6. The molecule has 1 heterocycles. The van der Waals surface area contributed by atoms with E-state index in [2.05, 4.69) is 0 Å². The molecule has 1 aromatic heterocycles. The number of fused-ring (bicyclic) bond motifs is 1. The summed E-state index contributed by atoms with van der Waals surface area (Å²) < 4.78 is 6.11. The summed E-state index contributed by atoms with van der Waals surface area (Å²) in [7, 11) is 0. The minimum absolute atomic E-state index is 0.234. The highest BCUT2D eigenvalue weighted by atomic mass is 35.5. The average Bonchev–Trinajstić information content (AvgIpc) is 2.94. The van der Waals surface area contributed by atoms with E-state index in [1.807, 2.05) is 36.6 Å². The Bertz CT molecular complexity index is 885. The molecule has 0 amide bonds. The van der Waals surface area contributed by atoms with Gasteiger partial charge in [0.2, 0.25) is 0 Å². The van der Waals surface area contributed by atoms with E-state index < -0.39 is 12.6 Å². The van der Waals surface area contributed by atoms with E-state index in [1.54, 1.807) is 6.07 Å². The van der Waals surface area contributed by atoms with Crippen LogP contribution >= 0.6 is 34.5 Å². The average molecular weight is 367 g/mol. The van der Waals surface area contributed by atoms with Gasteiger partial charge >= 0.3 is 5.97 Å². The van der Waals surface area contributed by atoms with Crippen molar-refractivity contribution in [1.82, 2.24) is 0 Å². The van der Waals surface area contributed by atoms with Gasteiger partial charge in [-0.05, 0) is 23.9 Å². The van der Waals surface area contributed by atoms with E-state index in [4.69, 9.17) is 33.0 Å². The summed E-state index contributed by atoms with van der Waals surface area (Å²) in [6.45, 7) is 1.57. The Labute approximate surface area is 147 Å². The highest BCUT2D eigenvalue weighted by Gasteiger charge is 2.17. The summed E-state index contributed by atoms with van der Waals surface area (Å²) in [5, 5.41) is 12.3. The van der Waals surface area contributed by atoms with Crippen LogP contribution in [0.4, 0.5) is 0 Å². The molecule has 3 aromatic rings. The van der Waals surface area contributed by atoms with Crippen molar-refractivity contribution in [2.45, 2.75) is 6.92 Å². The maximum Gasteiger partial charge on any atom is 0.341 e. The van der Waals surface area contributed by atoms with Crippen LogP contribution in [0.1, 0.15) is 5.56 Å². The Kier molecular flexibility index (Phi) is 4.48. The molecule has 118 valence electrons.